The second-order valence-corrected chi connectivity index (χ2v) is 13.9. The number of nitrogens with zero attached hydrogens (tertiary/aromatic N) is 3. The Morgan fingerprint density at radius 3 is 1.96 bits per heavy atom. The van der Waals surface area contributed by atoms with Crippen molar-refractivity contribution in [3.05, 3.63) is 123 Å². The van der Waals surface area contributed by atoms with E-state index in [4.69, 9.17) is 0 Å². The molecule has 7 rings (SSSR count). The highest BCUT2D eigenvalue weighted by molar-refractivity contribution is 9.10. The zero-order valence-corrected chi connectivity index (χ0v) is 29.7. The highest BCUT2D eigenvalue weighted by atomic mass is 79.9. The van der Waals surface area contributed by atoms with Crippen LogP contribution in [0.5, 0.6) is 11.5 Å². The van der Waals surface area contributed by atoms with E-state index in [1.807, 2.05) is 30.3 Å². The van der Waals surface area contributed by atoms with Gasteiger partial charge in [-0.25, -0.2) is 0 Å². The van der Waals surface area contributed by atoms with Gasteiger partial charge in [0.15, 0.2) is 0 Å². The van der Waals surface area contributed by atoms with E-state index in [2.05, 4.69) is 62.2 Å². The van der Waals surface area contributed by atoms with Gasteiger partial charge in [0.05, 0.1) is 11.1 Å². The summed E-state index contributed by atoms with van der Waals surface area (Å²) < 4.78 is 0.513. The number of hydrogen-bond donors (Lipinski definition) is 3. The number of amides is 4. The van der Waals surface area contributed by atoms with Gasteiger partial charge in [0.1, 0.15) is 17.5 Å². The zero-order chi connectivity index (χ0) is 35.8. The molecule has 3 aliphatic heterocycles. The van der Waals surface area contributed by atoms with Gasteiger partial charge in [-0.3, -0.25) is 34.3 Å². The number of imide groups is 2. The van der Waals surface area contributed by atoms with E-state index in [9.17, 15) is 29.4 Å². The number of carbonyl (C=O) groups excluding carboxylic acids is 4. The van der Waals surface area contributed by atoms with E-state index in [0.717, 1.165) is 76.6 Å². The third-order valence-corrected chi connectivity index (χ3v) is 10.5. The summed E-state index contributed by atoms with van der Waals surface area (Å²) in [5.41, 5.74) is 7.80. The Morgan fingerprint density at radius 1 is 0.784 bits per heavy atom. The molecule has 3 heterocycles. The van der Waals surface area contributed by atoms with Crippen LogP contribution in [0.1, 0.15) is 69.2 Å². The molecule has 2 fully saturated rings. The Kier molecular flexibility index (Phi) is 9.50. The normalized spacial score (nSPS) is 18.5. The van der Waals surface area contributed by atoms with E-state index in [1.165, 1.54) is 0 Å². The number of carbonyl (C=O) groups is 4. The Hall–Kier alpha value is -5.26. The van der Waals surface area contributed by atoms with E-state index < -0.39 is 29.7 Å². The molecule has 10 nitrogen and oxygen atoms in total. The van der Waals surface area contributed by atoms with E-state index in [0.29, 0.717) is 11.0 Å². The molecule has 0 radical (unpaired) electrons. The van der Waals surface area contributed by atoms with E-state index in [-0.39, 0.29) is 35.5 Å². The number of phenols is 2. The van der Waals surface area contributed by atoms with Crippen LogP contribution < -0.4 is 10.2 Å². The van der Waals surface area contributed by atoms with Crippen LogP contribution in [0.15, 0.2) is 89.4 Å². The highest BCUT2D eigenvalue weighted by Gasteiger charge is 2.45. The number of benzene rings is 4. The van der Waals surface area contributed by atoms with Crippen molar-refractivity contribution in [1.29, 1.82) is 0 Å². The molecule has 0 aromatic heterocycles. The molecule has 1 unspecified atom stereocenters. The predicted octanol–water partition coefficient (Wildman–Crippen LogP) is 5.95. The average molecular weight is 750 g/mol. The van der Waals surface area contributed by atoms with Gasteiger partial charge in [-0.05, 0) is 111 Å². The van der Waals surface area contributed by atoms with Gasteiger partial charge in [-0.2, -0.15) is 0 Å². The van der Waals surface area contributed by atoms with Crippen LogP contribution in [0.4, 0.5) is 5.69 Å². The van der Waals surface area contributed by atoms with Crippen molar-refractivity contribution in [3.8, 4) is 11.5 Å². The number of piperazine rings is 1. The van der Waals surface area contributed by atoms with E-state index in [1.54, 1.807) is 30.3 Å². The number of aromatic hydroxyl groups is 2. The smallest absolute Gasteiger partial charge is 0.263 e. The second-order valence-electron chi connectivity index (χ2n) is 13.1. The molecule has 11 heteroatoms. The first kappa shape index (κ1) is 34.2. The molecule has 0 aliphatic carbocycles. The summed E-state index contributed by atoms with van der Waals surface area (Å²) >= 11 is 3.51. The van der Waals surface area contributed by atoms with Gasteiger partial charge in [0, 0.05) is 49.3 Å². The number of fused-ring (bicyclic) bond motifs is 1. The number of anilines is 1. The monoisotopic (exact) mass is 748 g/mol. The third-order valence-electron chi connectivity index (χ3n) is 9.88. The van der Waals surface area contributed by atoms with Crippen molar-refractivity contribution in [2.24, 2.45) is 0 Å². The van der Waals surface area contributed by atoms with Crippen molar-refractivity contribution >= 4 is 56.4 Å². The topological polar surface area (TPSA) is 130 Å². The highest BCUT2D eigenvalue weighted by Crippen LogP contribution is 2.37. The molecule has 1 atom stereocenters. The third kappa shape index (κ3) is 6.79. The summed E-state index contributed by atoms with van der Waals surface area (Å²) in [5, 5.41) is 22.1. The predicted molar refractivity (Wildman–Crippen MR) is 197 cm³/mol. The summed E-state index contributed by atoms with van der Waals surface area (Å²) in [6.45, 7) is 5.92. The maximum Gasteiger partial charge on any atom is 0.263 e. The Labute approximate surface area is 304 Å². The quantitative estimate of drug-likeness (QED) is 0.149. The first-order chi connectivity index (χ1) is 24.6. The minimum absolute atomic E-state index is 0.0745. The van der Waals surface area contributed by atoms with Crippen molar-refractivity contribution in [2.45, 2.75) is 38.8 Å². The van der Waals surface area contributed by atoms with Crippen LogP contribution in [-0.2, 0) is 16.1 Å². The minimum atomic E-state index is -1.00. The van der Waals surface area contributed by atoms with Crippen molar-refractivity contribution < 1.29 is 29.4 Å². The molecule has 0 spiro atoms. The van der Waals surface area contributed by atoms with Crippen molar-refractivity contribution in [2.75, 3.05) is 31.1 Å². The summed E-state index contributed by atoms with van der Waals surface area (Å²) in [4.78, 5) is 56.4. The fraction of sp³-hybridized carbons (Fsp3) is 0.250. The van der Waals surface area contributed by atoms with Gasteiger partial charge in [-0.1, -0.05) is 43.3 Å². The number of hydrogen-bond acceptors (Lipinski definition) is 8. The first-order valence-corrected chi connectivity index (χ1v) is 17.8. The molecule has 4 aromatic carbocycles. The Bertz CT molecular complexity index is 2050. The summed E-state index contributed by atoms with van der Waals surface area (Å²) in [7, 11) is 0. The molecule has 4 amide bonds. The molecule has 3 aliphatic rings. The molecule has 0 saturated carbocycles. The minimum Gasteiger partial charge on any atom is -0.508 e. The maximum atomic E-state index is 13.4. The lowest BCUT2D eigenvalue weighted by atomic mass is 9.88. The van der Waals surface area contributed by atoms with Gasteiger partial charge in [0.25, 0.3) is 11.8 Å². The largest absolute Gasteiger partial charge is 0.508 e. The van der Waals surface area contributed by atoms with Crippen LogP contribution in [0.3, 0.4) is 0 Å². The van der Waals surface area contributed by atoms with Crippen LogP contribution in [0.25, 0.3) is 11.1 Å². The van der Waals surface area contributed by atoms with Crippen LogP contribution in [0.2, 0.25) is 0 Å². The lowest BCUT2D eigenvalue weighted by molar-refractivity contribution is -0.136. The lowest BCUT2D eigenvalue weighted by Gasteiger charge is -2.36. The maximum absolute atomic E-state index is 13.4. The van der Waals surface area contributed by atoms with Crippen LogP contribution in [0, 0.1) is 0 Å². The summed E-state index contributed by atoms with van der Waals surface area (Å²) in [6, 6.07) is 25.7. The zero-order valence-electron chi connectivity index (χ0n) is 28.1. The molecule has 2 saturated heterocycles. The van der Waals surface area contributed by atoms with Gasteiger partial charge < -0.3 is 15.1 Å². The number of halogens is 1. The summed E-state index contributed by atoms with van der Waals surface area (Å²) in [5.74, 6) is -1.65. The lowest BCUT2D eigenvalue weighted by Crippen LogP contribution is -2.54. The molecule has 0 bridgehead atoms. The van der Waals surface area contributed by atoms with Gasteiger partial charge >= 0.3 is 0 Å². The Balaban J connectivity index is 1.05. The second kappa shape index (κ2) is 14.2. The van der Waals surface area contributed by atoms with Gasteiger partial charge in [-0.15, -0.1) is 0 Å². The van der Waals surface area contributed by atoms with Crippen LogP contribution >= 0.6 is 15.9 Å². The first-order valence-electron chi connectivity index (χ1n) is 17.0. The SMILES string of the molecule is CCC(=C(c1ccc(O)cc1)c1ccc(N2CCN(Cc3cc(Br)c4c(c3)C(=O)N(C3CCC(=O)NC3=O)C4=O)CC2)cc1)c1ccc(O)cc1. The van der Waals surface area contributed by atoms with Gasteiger partial charge in [0.2, 0.25) is 11.8 Å². The number of phenolic OH excluding ortho intramolecular Hbond substituents is 2. The van der Waals surface area contributed by atoms with E-state index >= 15 is 0 Å². The number of piperidine rings is 1. The van der Waals surface area contributed by atoms with Crippen molar-refractivity contribution in [1.82, 2.24) is 15.1 Å². The summed E-state index contributed by atoms with van der Waals surface area (Å²) in [6.07, 6.45) is 0.961. The molecular weight excluding hydrogens is 712 g/mol. The van der Waals surface area contributed by atoms with Crippen molar-refractivity contribution in [3.63, 3.8) is 0 Å². The molecule has 51 heavy (non-hydrogen) atoms. The number of rotatable bonds is 8. The number of allylic oxidation sites excluding steroid dienone is 1. The Morgan fingerprint density at radius 2 is 1.37 bits per heavy atom. The standard InChI is InChI=1S/C40H37BrN4O6/c1-2-31(25-5-11-29(46)12-6-25)36(27-7-13-30(47)14-8-27)26-3-9-28(10-4-26)44-19-17-43(18-20-44)23-24-21-32-37(33(41)22-24)40(51)45(39(32)50)34-15-16-35(48)42-38(34)49/h3-14,21-22,34,46-47H,2,15-20,23H2,1H3,(H,42,48,49). The number of nitrogens with one attached hydrogen (secondary N) is 1. The average Bonchev–Trinajstić information content (AvgIpc) is 3.37. The fourth-order valence-electron chi connectivity index (χ4n) is 7.29. The molecule has 260 valence electrons. The van der Waals surface area contributed by atoms with Crippen LogP contribution in [-0.4, -0.2) is 75.9 Å². The molecule has 4 aromatic rings. The molecule has 3 N–H and O–H groups in total. The fourth-order valence-corrected chi connectivity index (χ4v) is 7.96. The molecular formula is C40H37BrN4O6.